The maximum absolute atomic E-state index is 16.0. The summed E-state index contributed by atoms with van der Waals surface area (Å²) in [6.07, 6.45) is 0. The van der Waals surface area contributed by atoms with Crippen LogP contribution in [-0.2, 0) is 0 Å². The highest BCUT2D eigenvalue weighted by Gasteiger charge is 2.21. The number of fused-ring (bicyclic) bond motifs is 2. The monoisotopic (exact) mass is 652 g/mol. The molecule has 0 radical (unpaired) electrons. The summed E-state index contributed by atoms with van der Waals surface area (Å²) in [5.41, 5.74) is 4.37. The molecule has 49 heavy (non-hydrogen) atoms. The molecule has 7 aromatic carbocycles. The maximum atomic E-state index is 16.0. The first-order valence-electron chi connectivity index (χ1n) is 15.8. The van der Waals surface area contributed by atoms with E-state index < -0.39 is 29.1 Å². The molecular weight excluding hydrogens is 623 g/mol. The fraction of sp³-hybridized carbons (Fsp3) is 0.0455. The average Bonchev–Trinajstić information content (AvgIpc) is 3.14. The zero-order valence-corrected chi connectivity index (χ0v) is 26.7. The second kappa shape index (κ2) is 13.0. The van der Waals surface area contributed by atoms with Crippen LogP contribution in [0.25, 0.3) is 67.1 Å². The average molecular weight is 653 g/mol. The molecule has 0 nitrogen and oxygen atoms in total. The molecule has 7 rings (SSSR count). The van der Waals surface area contributed by atoms with E-state index in [9.17, 15) is 0 Å². The predicted octanol–water partition coefficient (Wildman–Crippen LogP) is 13.6. The number of halogens is 5. The minimum absolute atomic E-state index is 0.0468. The molecular formula is C44H29F5. The van der Waals surface area contributed by atoms with Crippen molar-refractivity contribution in [2.24, 2.45) is 0 Å². The van der Waals surface area contributed by atoms with Gasteiger partial charge in [0.2, 0.25) is 0 Å². The molecule has 0 unspecified atom stereocenters. The zero-order chi connectivity index (χ0) is 34.2. The van der Waals surface area contributed by atoms with Crippen LogP contribution in [0.4, 0.5) is 22.0 Å². The Labute approximate surface area is 281 Å². The molecule has 0 saturated carbocycles. The molecule has 0 atom stereocenters. The Kier molecular flexibility index (Phi) is 8.43. The molecule has 0 amide bonds. The van der Waals surface area contributed by atoms with E-state index >= 15 is 22.0 Å². The smallest absolute Gasteiger partial charge is 0.167 e. The molecule has 7 aromatic rings. The fourth-order valence-electron chi connectivity index (χ4n) is 6.28. The van der Waals surface area contributed by atoms with E-state index in [0.717, 1.165) is 27.6 Å². The molecule has 240 valence electrons. The number of aryl methyl sites for hydroxylation is 2. The van der Waals surface area contributed by atoms with E-state index in [1.807, 2.05) is 56.3 Å². The second-order valence-electron chi connectivity index (χ2n) is 12.1. The quantitative estimate of drug-likeness (QED) is 0.124. The Morgan fingerprint density at radius 1 is 0.408 bits per heavy atom. The number of rotatable bonds is 6. The van der Waals surface area contributed by atoms with Crippen molar-refractivity contribution in [2.45, 2.75) is 13.8 Å². The van der Waals surface area contributed by atoms with Gasteiger partial charge in [-0.3, -0.25) is 0 Å². The van der Waals surface area contributed by atoms with Crippen LogP contribution >= 0.6 is 0 Å². The summed E-state index contributed by atoms with van der Waals surface area (Å²) in [5.74, 6) is -4.87. The summed E-state index contributed by atoms with van der Waals surface area (Å²) < 4.78 is 78.6. The molecule has 0 aliphatic rings. The lowest BCUT2D eigenvalue weighted by molar-refractivity contribution is 0.632. The lowest BCUT2D eigenvalue weighted by atomic mass is 9.95. The molecule has 0 aromatic heterocycles. The number of hydrogen-bond acceptors (Lipinski definition) is 0. The van der Waals surface area contributed by atoms with E-state index in [1.54, 1.807) is 54.6 Å². The molecule has 0 aliphatic heterocycles. The van der Waals surface area contributed by atoms with Crippen LogP contribution in [-0.4, -0.2) is 0 Å². The summed E-state index contributed by atoms with van der Waals surface area (Å²) >= 11 is 0. The van der Waals surface area contributed by atoms with E-state index in [4.69, 9.17) is 0 Å². The van der Waals surface area contributed by atoms with Gasteiger partial charge in [0.05, 0.1) is 0 Å². The topological polar surface area (TPSA) is 0 Å². The molecule has 0 bridgehead atoms. The Morgan fingerprint density at radius 3 is 1.41 bits per heavy atom. The van der Waals surface area contributed by atoms with Crippen LogP contribution in [0.15, 0.2) is 140 Å². The van der Waals surface area contributed by atoms with Crippen LogP contribution in [0.2, 0.25) is 0 Å². The Balaban J connectivity index is 1.22. The van der Waals surface area contributed by atoms with E-state index in [2.05, 4.69) is 0 Å². The lowest BCUT2D eigenvalue weighted by Gasteiger charge is -2.12. The van der Waals surface area contributed by atoms with Crippen LogP contribution < -0.4 is 0 Å². The minimum atomic E-state index is -1.15. The highest BCUT2D eigenvalue weighted by atomic mass is 19.2. The van der Waals surface area contributed by atoms with Crippen molar-refractivity contribution in [1.82, 2.24) is 0 Å². The van der Waals surface area contributed by atoms with Crippen molar-refractivity contribution in [3.05, 3.63) is 179 Å². The SMILES string of the molecule is Cc1ccc(-c2ccc(-c3ccc(/C(F)=C(\F)c4ccc(/C(F)=C(\F)c5ccc(C)c6ccccc56)c5ccccc45)cc3)c(F)c2)cc1. The van der Waals surface area contributed by atoms with Crippen molar-refractivity contribution >= 4 is 44.9 Å². The van der Waals surface area contributed by atoms with Gasteiger partial charge in [0, 0.05) is 27.8 Å². The first kappa shape index (κ1) is 31.8. The highest BCUT2D eigenvalue weighted by molar-refractivity contribution is 6.06. The third kappa shape index (κ3) is 5.93. The van der Waals surface area contributed by atoms with Crippen LogP contribution in [0.3, 0.4) is 0 Å². The fourth-order valence-corrected chi connectivity index (χ4v) is 6.28. The van der Waals surface area contributed by atoms with Crippen molar-refractivity contribution in [3.8, 4) is 22.3 Å². The highest BCUT2D eigenvalue weighted by Crippen LogP contribution is 2.40. The number of benzene rings is 7. The van der Waals surface area contributed by atoms with Gasteiger partial charge < -0.3 is 0 Å². The van der Waals surface area contributed by atoms with Crippen molar-refractivity contribution < 1.29 is 22.0 Å². The molecule has 0 N–H and O–H groups in total. The van der Waals surface area contributed by atoms with Crippen LogP contribution in [0, 0.1) is 19.7 Å². The van der Waals surface area contributed by atoms with Gasteiger partial charge in [0.1, 0.15) is 5.82 Å². The Hall–Kier alpha value is -5.81. The van der Waals surface area contributed by atoms with E-state index in [1.165, 1.54) is 42.5 Å². The zero-order valence-electron chi connectivity index (χ0n) is 26.7. The van der Waals surface area contributed by atoms with Gasteiger partial charge in [0.25, 0.3) is 0 Å². The van der Waals surface area contributed by atoms with Crippen LogP contribution in [0.5, 0.6) is 0 Å². The predicted molar refractivity (Wildman–Crippen MR) is 193 cm³/mol. The lowest BCUT2D eigenvalue weighted by Crippen LogP contribution is -1.93. The van der Waals surface area contributed by atoms with Crippen LogP contribution in [0.1, 0.15) is 33.4 Å². The normalized spacial score (nSPS) is 12.6. The van der Waals surface area contributed by atoms with E-state index in [-0.39, 0.29) is 33.0 Å². The van der Waals surface area contributed by atoms with Crippen molar-refractivity contribution in [1.29, 1.82) is 0 Å². The van der Waals surface area contributed by atoms with Gasteiger partial charge in [-0.25, -0.2) is 22.0 Å². The minimum Gasteiger partial charge on any atom is -0.206 e. The summed E-state index contributed by atoms with van der Waals surface area (Å²) in [4.78, 5) is 0. The van der Waals surface area contributed by atoms with Gasteiger partial charge in [-0.15, -0.1) is 0 Å². The largest absolute Gasteiger partial charge is 0.206 e. The molecule has 5 heteroatoms. The standard InChI is InChI=1S/C44H29F5/c1-26-11-14-28(15-12-26)31-20-22-33(40(45)25-31)29-16-18-30(19-17-29)41(46)42(47)38-23-24-39(36-10-6-5-9-35(36)38)44(49)43(48)37-21-13-27(2)32-7-3-4-8-34(32)37/h3-25H,1-2H3/b42-41+,44-43+. The van der Waals surface area contributed by atoms with Gasteiger partial charge >= 0.3 is 0 Å². The molecule has 0 heterocycles. The molecule has 0 aliphatic carbocycles. The molecule has 0 saturated heterocycles. The number of hydrogen-bond donors (Lipinski definition) is 0. The molecule has 0 spiro atoms. The van der Waals surface area contributed by atoms with Gasteiger partial charge in [0.15, 0.2) is 23.3 Å². The van der Waals surface area contributed by atoms with Gasteiger partial charge in [-0.2, -0.15) is 0 Å². The van der Waals surface area contributed by atoms with Gasteiger partial charge in [-0.05, 0) is 63.7 Å². The summed E-state index contributed by atoms with van der Waals surface area (Å²) in [6, 6.07) is 37.9. The van der Waals surface area contributed by atoms with Gasteiger partial charge in [-0.1, -0.05) is 139 Å². The third-order valence-corrected chi connectivity index (χ3v) is 8.96. The second-order valence-corrected chi connectivity index (χ2v) is 12.1. The maximum Gasteiger partial charge on any atom is 0.167 e. The Morgan fingerprint density at radius 2 is 0.857 bits per heavy atom. The first-order valence-corrected chi connectivity index (χ1v) is 15.8. The molecule has 0 fully saturated rings. The van der Waals surface area contributed by atoms with Crippen molar-refractivity contribution in [2.75, 3.05) is 0 Å². The summed E-state index contributed by atoms with van der Waals surface area (Å²) in [7, 11) is 0. The summed E-state index contributed by atoms with van der Waals surface area (Å²) in [5, 5.41) is 1.82. The first-order chi connectivity index (χ1) is 23.7. The Bertz CT molecular complexity index is 2430. The van der Waals surface area contributed by atoms with Crippen molar-refractivity contribution in [3.63, 3.8) is 0 Å². The summed E-state index contributed by atoms with van der Waals surface area (Å²) in [6.45, 7) is 3.88. The van der Waals surface area contributed by atoms with E-state index in [0.29, 0.717) is 16.5 Å². The third-order valence-electron chi connectivity index (χ3n) is 8.96.